The second-order valence-corrected chi connectivity index (χ2v) is 7.96. The molecule has 3 nitrogen and oxygen atoms in total. The summed E-state index contributed by atoms with van der Waals surface area (Å²) < 4.78 is 52.9. The molecule has 7 heteroatoms. The molecule has 0 radical (unpaired) electrons. The third-order valence-corrected chi connectivity index (χ3v) is 5.98. The lowest BCUT2D eigenvalue weighted by atomic mass is 9.73. The summed E-state index contributed by atoms with van der Waals surface area (Å²) >= 11 is 0. The quantitative estimate of drug-likeness (QED) is 0.752. The van der Waals surface area contributed by atoms with Gasteiger partial charge in [-0.15, -0.1) is 0 Å². The molecule has 2 fully saturated rings. The highest BCUT2D eigenvalue weighted by Gasteiger charge is 2.52. The van der Waals surface area contributed by atoms with Crippen molar-refractivity contribution in [3.63, 3.8) is 0 Å². The van der Waals surface area contributed by atoms with E-state index in [9.17, 15) is 22.4 Å². The largest absolute Gasteiger partial charge is 0.471 e. The van der Waals surface area contributed by atoms with Crippen molar-refractivity contribution in [1.82, 2.24) is 10.2 Å². The van der Waals surface area contributed by atoms with Gasteiger partial charge in [-0.25, -0.2) is 4.39 Å². The Balaban J connectivity index is 1.84. The van der Waals surface area contributed by atoms with Crippen molar-refractivity contribution >= 4 is 5.91 Å². The number of alkyl halides is 3. The van der Waals surface area contributed by atoms with Crippen LogP contribution in [0.4, 0.5) is 17.6 Å². The van der Waals surface area contributed by atoms with Crippen LogP contribution < -0.4 is 5.32 Å². The van der Waals surface area contributed by atoms with Gasteiger partial charge in [0.25, 0.3) is 0 Å². The lowest BCUT2D eigenvalue weighted by molar-refractivity contribution is -0.188. The van der Waals surface area contributed by atoms with Crippen molar-refractivity contribution in [2.24, 2.45) is 11.3 Å². The highest BCUT2D eigenvalue weighted by Crippen LogP contribution is 2.43. The third-order valence-electron chi connectivity index (χ3n) is 5.98. The van der Waals surface area contributed by atoms with Gasteiger partial charge >= 0.3 is 12.1 Å². The molecule has 150 valence electrons. The van der Waals surface area contributed by atoms with Crippen LogP contribution in [0.25, 0.3) is 0 Å². The molecule has 0 bridgehead atoms. The first-order valence-electron chi connectivity index (χ1n) is 9.57. The van der Waals surface area contributed by atoms with E-state index >= 15 is 0 Å². The van der Waals surface area contributed by atoms with Crippen LogP contribution in [0, 0.1) is 17.2 Å². The van der Waals surface area contributed by atoms with Crippen LogP contribution in [-0.2, 0) is 11.2 Å². The Hall–Kier alpha value is -1.63. The van der Waals surface area contributed by atoms with Gasteiger partial charge in [0.05, 0.1) is 0 Å². The van der Waals surface area contributed by atoms with Gasteiger partial charge < -0.3 is 10.2 Å². The summed E-state index contributed by atoms with van der Waals surface area (Å²) in [4.78, 5) is 13.2. The summed E-state index contributed by atoms with van der Waals surface area (Å²) in [5.41, 5.74) is 0.464. The molecular weight excluding hydrogens is 360 g/mol. The predicted molar refractivity (Wildman–Crippen MR) is 94.6 cm³/mol. The number of nitrogens with zero attached hydrogens (tertiary/aromatic N) is 1. The van der Waals surface area contributed by atoms with E-state index in [1.807, 2.05) is 6.92 Å². The molecule has 1 heterocycles. The number of amides is 1. The number of hydrogen-bond acceptors (Lipinski definition) is 2. The number of nitrogens with one attached hydrogen (secondary N) is 1. The number of carbonyl (C=O) groups is 1. The fourth-order valence-electron chi connectivity index (χ4n) is 4.30. The first-order chi connectivity index (χ1) is 12.7. The van der Waals surface area contributed by atoms with Gasteiger partial charge in [-0.3, -0.25) is 4.79 Å². The summed E-state index contributed by atoms with van der Waals surface area (Å²) in [6, 6.07) is 5.79. The van der Waals surface area contributed by atoms with E-state index in [0.29, 0.717) is 38.8 Å². The number of carbonyl (C=O) groups excluding carboxylic acids is 1. The zero-order valence-electron chi connectivity index (χ0n) is 15.5. The molecule has 1 saturated carbocycles. The van der Waals surface area contributed by atoms with Crippen LogP contribution in [-0.4, -0.2) is 42.7 Å². The molecule has 1 aliphatic heterocycles. The average molecular weight is 386 g/mol. The molecule has 1 amide bonds. The Morgan fingerprint density at radius 2 is 1.85 bits per heavy atom. The lowest BCUT2D eigenvalue weighted by Gasteiger charge is -2.42. The number of benzene rings is 1. The van der Waals surface area contributed by atoms with E-state index in [1.165, 1.54) is 12.1 Å². The van der Waals surface area contributed by atoms with Gasteiger partial charge in [0.2, 0.25) is 0 Å². The van der Waals surface area contributed by atoms with Gasteiger partial charge in [0, 0.05) is 12.6 Å². The van der Waals surface area contributed by atoms with Crippen LogP contribution in [0.3, 0.4) is 0 Å². The first-order valence-corrected chi connectivity index (χ1v) is 9.57. The Morgan fingerprint density at radius 3 is 2.37 bits per heavy atom. The lowest BCUT2D eigenvalue weighted by Crippen LogP contribution is -2.52. The average Bonchev–Trinajstić information content (AvgIpc) is 3.41. The predicted octanol–water partition coefficient (Wildman–Crippen LogP) is 3.93. The number of halogens is 4. The van der Waals surface area contributed by atoms with Crippen molar-refractivity contribution in [1.29, 1.82) is 0 Å². The SMILES string of the molecule is CCC1CC1N(CC1(Cc2ccc(F)cc2)CCNCC1)C(=O)C(F)(F)F. The van der Waals surface area contributed by atoms with Crippen molar-refractivity contribution < 1.29 is 22.4 Å². The molecule has 1 aliphatic carbocycles. The van der Waals surface area contributed by atoms with Crippen molar-refractivity contribution in [3.05, 3.63) is 35.6 Å². The maximum atomic E-state index is 13.2. The van der Waals surface area contributed by atoms with Gasteiger partial charge in [0.15, 0.2) is 0 Å². The van der Waals surface area contributed by atoms with E-state index in [4.69, 9.17) is 0 Å². The van der Waals surface area contributed by atoms with Gasteiger partial charge in [-0.1, -0.05) is 25.5 Å². The smallest absolute Gasteiger partial charge is 0.331 e. The molecule has 1 aromatic carbocycles. The van der Waals surface area contributed by atoms with Crippen LogP contribution in [0.15, 0.2) is 24.3 Å². The van der Waals surface area contributed by atoms with E-state index in [2.05, 4.69) is 5.32 Å². The van der Waals surface area contributed by atoms with Crippen molar-refractivity contribution in [3.8, 4) is 0 Å². The molecule has 3 rings (SSSR count). The first kappa shape index (κ1) is 20.1. The second-order valence-electron chi connectivity index (χ2n) is 7.96. The maximum absolute atomic E-state index is 13.2. The molecule has 2 unspecified atom stereocenters. The second kappa shape index (κ2) is 7.78. The standard InChI is InChI=1S/C20H26F4N2O/c1-2-15-11-17(15)26(18(27)20(22,23)24)13-19(7-9-25-10-8-19)12-14-3-5-16(21)6-4-14/h3-6,15,17,25H,2,7-13H2,1H3. The van der Waals surface area contributed by atoms with Crippen molar-refractivity contribution in [2.75, 3.05) is 19.6 Å². The fourth-order valence-corrected chi connectivity index (χ4v) is 4.30. The summed E-state index contributed by atoms with van der Waals surface area (Å²) in [6.07, 6.45) is -1.52. The summed E-state index contributed by atoms with van der Waals surface area (Å²) in [7, 11) is 0. The highest BCUT2D eigenvalue weighted by atomic mass is 19.4. The molecular formula is C20H26F4N2O. The minimum Gasteiger partial charge on any atom is -0.331 e. The van der Waals surface area contributed by atoms with Crippen LogP contribution in [0.5, 0.6) is 0 Å². The summed E-state index contributed by atoms with van der Waals surface area (Å²) in [6.45, 7) is 3.46. The monoisotopic (exact) mass is 386 g/mol. The van der Waals surface area contributed by atoms with E-state index in [0.717, 1.165) is 16.9 Å². The van der Waals surface area contributed by atoms with Crippen molar-refractivity contribution in [2.45, 2.75) is 51.2 Å². The van der Waals surface area contributed by atoms with Crippen LogP contribution >= 0.6 is 0 Å². The molecule has 0 spiro atoms. The van der Waals surface area contributed by atoms with Crippen LogP contribution in [0.2, 0.25) is 0 Å². The van der Waals surface area contributed by atoms with Gasteiger partial charge in [0.1, 0.15) is 5.82 Å². The van der Waals surface area contributed by atoms with E-state index in [-0.39, 0.29) is 24.3 Å². The zero-order chi connectivity index (χ0) is 19.7. The number of hydrogen-bond donors (Lipinski definition) is 1. The minimum absolute atomic E-state index is 0.103. The zero-order valence-corrected chi connectivity index (χ0v) is 15.5. The third kappa shape index (κ3) is 4.81. The number of piperidine rings is 1. The van der Waals surface area contributed by atoms with Crippen LogP contribution in [0.1, 0.15) is 38.2 Å². The maximum Gasteiger partial charge on any atom is 0.471 e. The summed E-state index contributed by atoms with van der Waals surface area (Å²) in [5.74, 6) is -1.91. The van der Waals surface area contributed by atoms with E-state index < -0.39 is 17.5 Å². The Kier molecular flexibility index (Phi) is 5.79. The Labute approximate surface area is 157 Å². The molecule has 1 aromatic rings. The topological polar surface area (TPSA) is 32.3 Å². The summed E-state index contributed by atoms with van der Waals surface area (Å²) in [5, 5.41) is 3.25. The normalized spacial score (nSPS) is 24.5. The Morgan fingerprint density at radius 1 is 1.22 bits per heavy atom. The molecule has 2 aliphatic rings. The van der Waals surface area contributed by atoms with Gasteiger partial charge in [-0.05, 0) is 67.8 Å². The Bertz CT molecular complexity index is 653. The molecule has 27 heavy (non-hydrogen) atoms. The van der Waals surface area contributed by atoms with Gasteiger partial charge in [-0.2, -0.15) is 13.2 Å². The number of rotatable bonds is 6. The molecule has 1 N–H and O–H groups in total. The highest BCUT2D eigenvalue weighted by molar-refractivity contribution is 5.82. The minimum atomic E-state index is -4.86. The molecule has 1 saturated heterocycles. The van der Waals surface area contributed by atoms with E-state index in [1.54, 1.807) is 12.1 Å². The fraction of sp³-hybridized carbons (Fsp3) is 0.650. The molecule has 0 aromatic heterocycles. The molecule has 2 atom stereocenters.